The normalized spacial score (nSPS) is 29.4. The zero-order chi connectivity index (χ0) is 16.1. The molecule has 1 amide bonds. The third kappa shape index (κ3) is 4.66. The van der Waals surface area contributed by atoms with Crippen LogP contribution in [0, 0.1) is 11.8 Å². The highest BCUT2D eigenvalue weighted by Crippen LogP contribution is 2.23. The van der Waals surface area contributed by atoms with Crippen molar-refractivity contribution in [3.63, 3.8) is 0 Å². The zero-order valence-electron chi connectivity index (χ0n) is 14.1. The summed E-state index contributed by atoms with van der Waals surface area (Å²) < 4.78 is 10.8. The van der Waals surface area contributed by atoms with Crippen molar-refractivity contribution in [3.05, 3.63) is 0 Å². The van der Waals surface area contributed by atoms with E-state index in [1.165, 1.54) is 6.42 Å². The first-order valence-corrected chi connectivity index (χ1v) is 9.16. The first kappa shape index (κ1) is 17.1. The Morgan fingerprint density at radius 2 is 1.74 bits per heavy atom. The van der Waals surface area contributed by atoms with E-state index in [2.05, 4.69) is 4.90 Å². The summed E-state index contributed by atoms with van der Waals surface area (Å²) in [4.78, 5) is 17.3. The zero-order valence-corrected chi connectivity index (χ0v) is 14.1. The predicted octanol–water partition coefficient (Wildman–Crippen LogP) is 0.311. The second-order valence-electron chi connectivity index (χ2n) is 7.18. The number of nitrogens with two attached hydrogens (primary N) is 1. The minimum absolute atomic E-state index is 0.156. The average molecular weight is 325 g/mol. The molecule has 0 saturated carbocycles. The molecule has 23 heavy (non-hydrogen) atoms. The number of morpholine rings is 1. The summed E-state index contributed by atoms with van der Waals surface area (Å²) in [6.07, 6.45) is 4.14. The summed E-state index contributed by atoms with van der Waals surface area (Å²) in [5.41, 5.74) is 6.28. The molecule has 2 unspecified atom stereocenters. The quantitative estimate of drug-likeness (QED) is 0.806. The van der Waals surface area contributed by atoms with Crippen molar-refractivity contribution in [2.45, 2.75) is 31.7 Å². The van der Waals surface area contributed by atoms with Crippen molar-refractivity contribution in [1.82, 2.24) is 9.80 Å². The Kier molecular flexibility index (Phi) is 6.28. The molecular formula is C17H31N3O3. The third-order valence-corrected chi connectivity index (χ3v) is 5.51. The molecule has 3 saturated heterocycles. The Morgan fingerprint density at radius 3 is 2.48 bits per heavy atom. The number of carbonyl (C=O) groups excluding carboxylic acids is 1. The van der Waals surface area contributed by atoms with Gasteiger partial charge in [0.15, 0.2) is 0 Å². The molecule has 0 bridgehead atoms. The Hall–Kier alpha value is -0.690. The minimum atomic E-state index is -0.346. The van der Waals surface area contributed by atoms with Gasteiger partial charge in [0.05, 0.1) is 19.3 Å². The number of amides is 1. The highest BCUT2D eigenvalue weighted by molar-refractivity contribution is 5.82. The highest BCUT2D eigenvalue weighted by Gasteiger charge is 2.32. The maximum Gasteiger partial charge on any atom is 0.239 e. The number of hydrogen-bond acceptors (Lipinski definition) is 5. The molecule has 0 aromatic rings. The molecule has 6 heteroatoms. The lowest BCUT2D eigenvalue weighted by Crippen LogP contribution is -2.53. The van der Waals surface area contributed by atoms with Crippen LogP contribution in [-0.2, 0) is 14.3 Å². The van der Waals surface area contributed by atoms with Gasteiger partial charge in [-0.3, -0.25) is 9.69 Å². The van der Waals surface area contributed by atoms with E-state index in [0.29, 0.717) is 5.92 Å². The number of likely N-dealkylation sites (tertiary alicyclic amines) is 1. The summed E-state index contributed by atoms with van der Waals surface area (Å²) in [5.74, 6) is 1.02. The summed E-state index contributed by atoms with van der Waals surface area (Å²) in [6, 6.07) is -0.346. The van der Waals surface area contributed by atoms with E-state index in [-0.39, 0.29) is 17.9 Å². The molecular weight excluding hydrogens is 294 g/mol. The van der Waals surface area contributed by atoms with Crippen molar-refractivity contribution >= 4 is 5.91 Å². The van der Waals surface area contributed by atoms with Crippen LogP contribution in [0.2, 0.25) is 0 Å². The van der Waals surface area contributed by atoms with E-state index in [0.717, 1.165) is 78.4 Å². The fourth-order valence-electron chi connectivity index (χ4n) is 4.05. The van der Waals surface area contributed by atoms with Crippen LogP contribution in [0.4, 0.5) is 0 Å². The van der Waals surface area contributed by atoms with Gasteiger partial charge in [-0.2, -0.15) is 0 Å². The SMILES string of the molecule is NC(C(=O)N1CCCC(CN2CCOCC2)C1)C1CCOCC1. The van der Waals surface area contributed by atoms with E-state index in [9.17, 15) is 4.79 Å². The Labute approximate surface area is 139 Å². The molecule has 0 aromatic carbocycles. The highest BCUT2D eigenvalue weighted by atomic mass is 16.5. The lowest BCUT2D eigenvalue weighted by molar-refractivity contribution is -0.136. The van der Waals surface area contributed by atoms with Crippen molar-refractivity contribution in [3.8, 4) is 0 Å². The van der Waals surface area contributed by atoms with Gasteiger partial charge >= 0.3 is 0 Å². The van der Waals surface area contributed by atoms with E-state index in [1.807, 2.05) is 4.90 Å². The maximum absolute atomic E-state index is 12.8. The van der Waals surface area contributed by atoms with Crippen molar-refractivity contribution in [2.24, 2.45) is 17.6 Å². The van der Waals surface area contributed by atoms with Crippen LogP contribution in [-0.4, -0.2) is 80.9 Å². The molecule has 3 rings (SSSR count). The molecule has 0 aromatic heterocycles. The van der Waals surface area contributed by atoms with Crippen LogP contribution < -0.4 is 5.73 Å². The molecule has 3 aliphatic rings. The van der Waals surface area contributed by atoms with Gasteiger partial charge < -0.3 is 20.1 Å². The number of nitrogens with zero attached hydrogens (tertiary/aromatic N) is 2. The molecule has 6 nitrogen and oxygen atoms in total. The molecule has 2 N–H and O–H groups in total. The maximum atomic E-state index is 12.8. The van der Waals surface area contributed by atoms with E-state index < -0.39 is 0 Å². The lowest BCUT2D eigenvalue weighted by Gasteiger charge is -2.38. The van der Waals surface area contributed by atoms with Gasteiger partial charge in [-0.1, -0.05) is 0 Å². The number of carbonyl (C=O) groups is 1. The number of rotatable bonds is 4. The summed E-state index contributed by atoms with van der Waals surface area (Å²) in [5, 5.41) is 0. The predicted molar refractivity (Wildman–Crippen MR) is 88.1 cm³/mol. The van der Waals surface area contributed by atoms with Crippen LogP contribution in [0.3, 0.4) is 0 Å². The number of hydrogen-bond donors (Lipinski definition) is 1. The van der Waals surface area contributed by atoms with Crippen LogP contribution >= 0.6 is 0 Å². The van der Waals surface area contributed by atoms with Crippen molar-refractivity contribution in [1.29, 1.82) is 0 Å². The molecule has 0 radical (unpaired) electrons. The number of ether oxygens (including phenoxy) is 2. The fraction of sp³-hybridized carbons (Fsp3) is 0.941. The average Bonchev–Trinajstić information content (AvgIpc) is 2.62. The van der Waals surface area contributed by atoms with Gasteiger partial charge in [-0.15, -0.1) is 0 Å². The van der Waals surface area contributed by atoms with Crippen LogP contribution in [0.25, 0.3) is 0 Å². The third-order valence-electron chi connectivity index (χ3n) is 5.51. The van der Waals surface area contributed by atoms with Crippen LogP contribution in [0.15, 0.2) is 0 Å². The molecule has 0 aliphatic carbocycles. The van der Waals surface area contributed by atoms with Gasteiger partial charge in [0.25, 0.3) is 0 Å². The largest absolute Gasteiger partial charge is 0.381 e. The van der Waals surface area contributed by atoms with Crippen molar-refractivity contribution in [2.75, 3.05) is 59.2 Å². The Balaban J connectivity index is 1.49. The Morgan fingerprint density at radius 1 is 1.04 bits per heavy atom. The second-order valence-corrected chi connectivity index (χ2v) is 7.18. The van der Waals surface area contributed by atoms with Gasteiger partial charge in [0, 0.05) is 45.9 Å². The van der Waals surface area contributed by atoms with E-state index in [4.69, 9.17) is 15.2 Å². The lowest BCUT2D eigenvalue weighted by atomic mass is 9.90. The molecule has 3 heterocycles. The van der Waals surface area contributed by atoms with E-state index >= 15 is 0 Å². The summed E-state index contributed by atoms with van der Waals surface area (Å²) in [7, 11) is 0. The second kappa shape index (κ2) is 8.42. The molecule has 3 aliphatic heterocycles. The Bertz CT molecular complexity index is 381. The monoisotopic (exact) mass is 325 g/mol. The van der Waals surface area contributed by atoms with Crippen LogP contribution in [0.1, 0.15) is 25.7 Å². The van der Waals surface area contributed by atoms with Crippen LogP contribution in [0.5, 0.6) is 0 Å². The first-order chi connectivity index (χ1) is 11.2. The summed E-state index contributed by atoms with van der Waals surface area (Å²) in [6.45, 7) is 8.02. The van der Waals surface area contributed by atoms with Gasteiger partial charge in [0.2, 0.25) is 5.91 Å². The first-order valence-electron chi connectivity index (χ1n) is 9.16. The number of piperidine rings is 1. The van der Waals surface area contributed by atoms with Crippen molar-refractivity contribution < 1.29 is 14.3 Å². The summed E-state index contributed by atoms with van der Waals surface area (Å²) >= 11 is 0. The van der Waals surface area contributed by atoms with Gasteiger partial charge in [0.1, 0.15) is 0 Å². The fourth-order valence-corrected chi connectivity index (χ4v) is 4.05. The minimum Gasteiger partial charge on any atom is -0.381 e. The van der Waals surface area contributed by atoms with E-state index in [1.54, 1.807) is 0 Å². The molecule has 3 fully saturated rings. The standard InChI is InChI=1S/C17H31N3O3/c18-16(15-3-8-22-9-4-15)17(21)20-5-1-2-14(13-20)12-19-6-10-23-11-7-19/h14-16H,1-13,18H2. The molecule has 132 valence electrons. The van der Waals surface area contributed by atoms with Gasteiger partial charge in [-0.05, 0) is 37.5 Å². The smallest absolute Gasteiger partial charge is 0.239 e. The molecule has 2 atom stereocenters. The molecule has 0 spiro atoms. The topological polar surface area (TPSA) is 68.0 Å². The van der Waals surface area contributed by atoms with Gasteiger partial charge in [-0.25, -0.2) is 0 Å².